The van der Waals surface area contributed by atoms with Crippen LogP contribution in [0.5, 0.6) is 0 Å². The second kappa shape index (κ2) is 5.11. The highest BCUT2D eigenvalue weighted by Crippen LogP contribution is 2.22. The van der Waals surface area contributed by atoms with Gasteiger partial charge in [0.25, 0.3) is 0 Å². The smallest absolute Gasteiger partial charge is 0.121 e. The average molecular weight is 227 g/mol. The summed E-state index contributed by atoms with van der Waals surface area (Å²) in [4.78, 5) is 4.25. The van der Waals surface area contributed by atoms with Gasteiger partial charge in [-0.3, -0.25) is 4.98 Å². The van der Waals surface area contributed by atoms with Crippen LogP contribution in [0.1, 0.15) is 35.4 Å². The van der Waals surface area contributed by atoms with E-state index in [1.165, 1.54) is 5.56 Å². The van der Waals surface area contributed by atoms with Crippen molar-refractivity contribution in [2.24, 2.45) is 0 Å². The van der Waals surface area contributed by atoms with Gasteiger partial charge in [0.15, 0.2) is 0 Å². The number of hydrogen-bond acceptors (Lipinski definition) is 2. The van der Waals surface area contributed by atoms with Crippen LogP contribution in [-0.2, 0) is 6.42 Å². The average Bonchev–Trinajstić information content (AvgIpc) is 2.39. The van der Waals surface area contributed by atoms with Crippen molar-refractivity contribution in [3.63, 3.8) is 0 Å². The molecular weight excluding hydrogens is 210 g/mol. The third-order valence-corrected chi connectivity index (χ3v) is 3.01. The number of aliphatic hydroxyl groups is 1. The zero-order chi connectivity index (χ0) is 12.3. The van der Waals surface area contributed by atoms with Crippen molar-refractivity contribution in [1.29, 1.82) is 0 Å². The van der Waals surface area contributed by atoms with Crippen LogP contribution in [0.2, 0.25) is 0 Å². The summed E-state index contributed by atoms with van der Waals surface area (Å²) in [6, 6.07) is 11.9. The zero-order valence-electron chi connectivity index (χ0n) is 10.2. The molecule has 1 heterocycles. The lowest BCUT2D eigenvalue weighted by Crippen LogP contribution is -2.04. The maximum absolute atomic E-state index is 10.3. The Kier molecular flexibility index (Phi) is 3.55. The zero-order valence-corrected chi connectivity index (χ0v) is 10.2. The maximum atomic E-state index is 10.3. The van der Waals surface area contributed by atoms with Crippen LogP contribution in [0.25, 0.3) is 0 Å². The van der Waals surface area contributed by atoms with E-state index in [0.717, 1.165) is 23.2 Å². The monoisotopic (exact) mass is 227 g/mol. The second-order valence-electron chi connectivity index (χ2n) is 4.20. The van der Waals surface area contributed by atoms with E-state index < -0.39 is 6.10 Å². The first-order chi connectivity index (χ1) is 8.22. The molecule has 0 amide bonds. The molecule has 2 nitrogen and oxygen atoms in total. The topological polar surface area (TPSA) is 33.1 Å². The van der Waals surface area contributed by atoms with E-state index in [1.807, 2.05) is 31.2 Å². The summed E-state index contributed by atoms with van der Waals surface area (Å²) >= 11 is 0. The number of aliphatic hydroxyl groups excluding tert-OH is 1. The summed E-state index contributed by atoms with van der Waals surface area (Å²) in [7, 11) is 0. The fourth-order valence-corrected chi connectivity index (χ4v) is 1.88. The van der Waals surface area contributed by atoms with Crippen LogP contribution in [0.15, 0.2) is 42.6 Å². The molecule has 17 heavy (non-hydrogen) atoms. The van der Waals surface area contributed by atoms with E-state index in [4.69, 9.17) is 0 Å². The van der Waals surface area contributed by atoms with Crippen molar-refractivity contribution in [2.45, 2.75) is 26.4 Å². The third kappa shape index (κ3) is 2.53. The molecular formula is C15H17NO. The fraction of sp³-hybridized carbons (Fsp3) is 0.267. The normalized spacial score (nSPS) is 12.4. The molecule has 2 rings (SSSR count). The molecule has 0 aliphatic heterocycles. The first-order valence-corrected chi connectivity index (χ1v) is 5.90. The first kappa shape index (κ1) is 11.8. The van der Waals surface area contributed by atoms with Crippen LogP contribution in [0, 0.1) is 6.92 Å². The molecule has 1 aromatic heterocycles. The minimum absolute atomic E-state index is 0.637. The highest BCUT2D eigenvalue weighted by molar-refractivity contribution is 5.32. The van der Waals surface area contributed by atoms with Crippen LogP contribution in [-0.4, -0.2) is 10.1 Å². The Morgan fingerprint density at radius 2 is 1.88 bits per heavy atom. The molecule has 0 saturated heterocycles. The number of hydrogen-bond donors (Lipinski definition) is 1. The van der Waals surface area contributed by atoms with Crippen LogP contribution in [0.4, 0.5) is 0 Å². The molecule has 1 atom stereocenters. The molecule has 1 N–H and O–H groups in total. The predicted octanol–water partition coefficient (Wildman–Crippen LogP) is 3.03. The Morgan fingerprint density at radius 1 is 1.18 bits per heavy atom. The Morgan fingerprint density at radius 3 is 2.47 bits per heavy atom. The lowest BCUT2D eigenvalue weighted by molar-refractivity contribution is 0.214. The highest BCUT2D eigenvalue weighted by Gasteiger charge is 2.13. The van der Waals surface area contributed by atoms with Crippen molar-refractivity contribution in [1.82, 2.24) is 4.98 Å². The molecule has 0 saturated carbocycles. The summed E-state index contributed by atoms with van der Waals surface area (Å²) in [6.07, 6.45) is 2.09. The Labute approximate surface area is 102 Å². The minimum Gasteiger partial charge on any atom is -0.382 e. The van der Waals surface area contributed by atoms with Crippen molar-refractivity contribution < 1.29 is 5.11 Å². The van der Waals surface area contributed by atoms with Gasteiger partial charge in [-0.25, -0.2) is 0 Å². The first-order valence-electron chi connectivity index (χ1n) is 5.90. The third-order valence-electron chi connectivity index (χ3n) is 3.01. The van der Waals surface area contributed by atoms with Crippen molar-refractivity contribution in [3.05, 3.63) is 65.0 Å². The van der Waals surface area contributed by atoms with Gasteiger partial charge < -0.3 is 5.11 Å². The van der Waals surface area contributed by atoms with Gasteiger partial charge in [0.1, 0.15) is 6.10 Å². The molecule has 0 bridgehead atoms. The van der Waals surface area contributed by atoms with Gasteiger partial charge in [-0.15, -0.1) is 0 Å². The van der Waals surface area contributed by atoms with Gasteiger partial charge >= 0.3 is 0 Å². The maximum Gasteiger partial charge on any atom is 0.121 e. The largest absolute Gasteiger partial charge is 0.382 e. The van der Waals surface area contributed by atoms with Gasteiger partial charge in [0.05, 0.1) is 5.69 Å². The molecule has 0 fully saturated rings. The van der Waals surface area contributed by atoms with Gasteiger partial charge in [-0.2, -0.15) is 0 Å². The summed E-state index contributed by atoms with van der Waals surface area (Å²) in [5, 5.41) is 10.3. The SMILES string of the molecule is CCc1ccc(C(O)c2ncccc2C)cc1. The van der Waals surface area contributed by atoms with E-state index >= 15 is 0 Å². The Balaban J connectivity index is 2.30. The van der Waals surface area contributed by atoms with Crippen LogP contribution >= 0.6 is 0 Å². The molecule has 0 spiro atoms. The number of benzene rings is 1. The molecule has 1 unspecified atom stereocenters. The van der Waals surface area contributed by atoms with Gasteiger partial charge in [0.2, 0.25) is 0 Å². The van der Waals surface area contributed by atoms with E-state index in [1.54, 1.807) is 6.20 Å². The molecule has 0 radical (unpaired) electrons. The Hall–Kier alpha value is -1.67. The summed E-state index contributed by atoms with van der Waals surface area (Å²) < 4.78 is 0. The minimum atomic E-state index is -0.637. The molecule has 2 heteroatoms. The molecule has 0 aliphatic carbocycles. The van der Waals surface area contributed by atoms with Gasteiger partial charge in [-0.1, -0.05) is 37.3 Å². The van der Waals surface area contributed by atoms with Crippen molar-refractivity contribution in [2.75, 3.05) is 0 Å². The molecule has 2 aromatic rings. The Bertz CT molecular complexity index is 491. The quantitative estimate of drug-likeness (QED) is 0.874. The van der Waals surface area contributed by atoms with Crippen LogP contribution in [0.3, 0.4) is 0 Å². The predicted molar refractivity (Wildman–Crippen MR) is 68.9 cm³/mol. The summed E-state index contributed by atoms with van der Waals surface area (Å²) in [5.41, 5.74) is 3.92. The number of rotatable bonds is 3. The second-order valence-corrected chi connectivity index (χ2v) is 4.20. The van der Waals surface area contributed by atoms with Gasteiger partial charge in [0, 0.05) is 6.20 Å². The fourth-order valence-electron chi connectivity index (χ4n) is 1.88. The summed E-state index contributed by atoms with van der Waals surface area (Å²) in [6.45, 7) is 4.08. The number of pyridine rings is 1. The lowest BCUT2D eigenvalue weighted by Gasteiger charge is -2.13. The number of aryl methyl sites for hydroxylation is 2. The van der Waals surface area contributed by atoms with Crippen LogP contribution < -0.4 is 0 Å². The van der Waals surface area contributed by atoms with Crippen molar-refractivity contribution in [3.8, 4) is 0 Å². The van der Waals surface area contributed by atoms with E-state index in [2.05, 4.69) is 24.0 Å². The molecule has 88 valence electrons. The highest BCUT2D eigenvalue weighted by atomic mass is 16.3. The van der Waals surface area contributed by atoms with E-state index in [-0.39, 0.29) is 0 Å². The van der Waals surface area contributed by atoms with E-state index in [9.17, 15) is 5.11 Å². The standard InChI is InChI=1S/C15H17NO/c1-3-12-6-8-13(9-7-12)15(17)14-11(2)5-4-10-16-14/h4-10,15,17H,3H2,1-2H3. The summed E-state index contributed by atoms with van der Waals surface area (Å²) in [5.74, 6) is 0. The molecule has 1 aromatic carbocycles. The lowest BCUT2D eigenvalue weighted by atomic mass is 10.0. The van der Waals surface area contributed by atoms with E-state index in [0.29, 0.717) is 0 Å². The molecule has 0 aliphatic rings. The van der Waals surface area contributed by atoms with Crippen molar-refractivity contribution >= 4 is 0 Å². The number of aromatic nitrogens is 1. The van der Waals surface area contributed by atoms with Gasteiger partial charge in [-0.05, 0) is 36.1 Å². The number of nitrogens with zero attached hydrogens (tertiary/aromatic N) is 1.